The van der Waals surface area contributed by atoms with Crippen molar-refractivity contribution in [1.82, 2.24) is 24.5 Å². The molecule has 0 unspecified atom stereocenters. The second-order valence-electron chi connectivity index (χ2n) is 5.55. The molecule has 0 bridgehead atoms. The third kappa shape index (κ3) is 3.94. The Balaban J connectivity index is 1.79. The summed E-state index contributed by atoms with van der Waals surface area (Å²) in [4.78, 5) is 16.1. The molecular formula is C15H10Cl2F4N6O. The molecule has 0 spiro atoms. The quantitative estimate of drug-likeness (QED) is 0.631. The summed E-state index contributed by atoms with van der Waals surface area (Å²) >= 11 is 11.6. The lowest BCUT2D eigenvalue weighted by Gasteiger charge is -2.05. The van der Waals surface area contributed by atoms with E-state index in [-0.39, 0.29) is 23.1 Å². The van der Waals surface area contributed by atoms with Crippen molar-refractivity contribution < 1.29 is 22.4 Å². The van der Waals surface area contributed by atoms with Crippen LogP contribution in [0.5, 0.6) is 0 Å². The third-order valence-electron chi connectivity index (χ3n) is 3.62. The van der Waals surface area contributed by atoms with Crippen molar-refractivity contribution in [3.63, 3.8) is 0 Å². The van der Waals surface area contributed by atoms with Crippen LogP contribution >= 0.6 is 23.2 Å². The van der Waals surface area contributed by atoms with Gasteiger partial charge in [-0.1, -0.05) is 29.3 Å². The summed E-state index contributed by atoms with van der Waals surface area (Å²) < 4.78 is 54.3. The van der Waals surface area contributed by atoms with Crippen molar-refractivity contribution in [2.24, 2.45) is 7.05 Å². The van der Waals surface area contributed by atoms with E-state index in [0.717, 1.165) is 7.05 Å². The summed E-state index contributed by atoms with van der Waals surface area (Å²) in [5.74, 6) is -1.75. The number of nitrogens with one attached hydrogen (secondary N) is 1. The minimum atomic E-state index is -4.81. The number of nitrogens with zero attached hydrogens (tertiary/aromatic N) is 5. The molecule has 3 aromatic rings. The van der Waals surface area contributed by atoms with Gasteiger partial charge in [0.25, 0.3) is 5.91 Å². The molecular weight excluding hydrogens is 427 g/mol. The van der Waals surface area contributed by atoms with Gasteiger partial charge in [-0.15, -0.1) is 5.10 Å². The lowest BCUT2D eigenvalue weighted by atomic mass is 10.2. The highest BCUT2D eigenvalue weighted by atomic mass is 35.5. The SMILES string of the molecule is Cn1nc(C(F)(F)F)c(Cl)c1C(=O)Nc1ncn(Cc2c(F)cccc2Cl)n1. The number of rotatable bonds is 4. The van der Waals surface area contributed by atoms with E-state index in [9.17, 15) is 22.4 Å². The second kappa shape index (κ2) is 7.40. The molecule has 0 atom stereocenters. The van der Waals surface area contributed by atoms with E-state index in [4.69, 9.17) is 23.2 Å². The van der Waals surface area contributed by atoms with Crippen LogP contribution in [0.4, 0.5) is 23.5 Å². The Morgan fingerprint density at radius 2 is 1.96 bits per heavy atom. The van der Waals surface area contributed by atoms with Gasteiger partial charge in [-0.2, -0.15) is 18.3 Å². The van der Waals surface area contributed by atoms with Crippen LogP contribution in [0.15, 0.2) is 24.5 Å². The summed E-state index contributed by atoms with van der Waals surface area (Å²) in [6.07, 6.45) is -3.61. The van der Waals surface area contributed by atoms with Gasteiger partial charge in [-0.25, -0.2) is 14.1 Å². The molecule has 0 aliphatic carbocycles. The number of aryl methyl sites for hydroxylation is 1. The van der Waals surface area contributed by atoms with Crippen molar-refractivity contribution in [3.8, 4) is 0 Å². The van der Waals surface area contributed by atoms with E-state index in [2.05, 4.69) is 20.5 Å². The Labute approximate surface area is 164 Å². The van der Waals surface area contributed by atoms with Crippen LogP contribution in [0.25, 0.3) is 0 Å². The molecule has 0 saturated carbocycles. The third-order valence-corrected chi connectivity index (χ3v) is 4.33. The highest BCUT2D eigenvalue weighted by molar-refractivity contribution is 6.34. The Morgan fingerprint density at radius 3 is 2.57 bits per heavy atom. The van der Waals surface area contributed by atoms with E-state index in [1.807, 2.05) is 0 Å². The van der Waals surface area contributed by atoms with Gasteiger partial charge >= 0.3 is 6.18 Å². The lowest BCUT2D eigenvalue weighted by Crippen LogP contribution is -2.17. The van der Waals surface area contributed by atoms with Gasteiger partial charge in [0.1, 0.15) is 22.9 Å². The van der Waals surface area contributed by atoms with Crippen molar-refractivity contribution in [2.75, 3.05) is 5.32 Å². The molecule has 1 N–H and O–H groups in total. The topological polar surface area (TPSA) is 77.6 Å². The number of halogens is 6. The number of aromatic nitrogens is 5. The molecule has 3 rings (SSSR count). The fraction of sp³-hybridized carbons (Fsp3) is 0.200. The van der Waals surface area contributed by atoms with Gasteiger partial charge in [0.05, 0.1) is 6.54 Å². The Bertz CT molecular complexity index is 1030. The molecule has 2 aromatic heterocycles. The van der Waals surface area contributed by atoms with Crippen molar-refractivity contribution >= 4 is 35.1 Å². The maximum Gasteiger partial charge on any atom is 0.436 e. The molecule has 0 radical (unpaired) electrons. The highest BCUT2D eigenvalue weighted by Crippen LogP contribution is 2.35. The molecule has 28 heavy (non-hydrogen) atoms. The molecule has 1 aromatic carbocycles. The average Bonchev–Trinajstić information content (AvgIpc) is 3.14. The van der Waals surface area contributed by atoms with Gasteiger partial charge in [-0.05, 0) is 12.1 Å². The van der Waals surface area contributed by atoms with E-state index in [0.29, 0.717) is 4.68 Å². The molecule has 7 nitrogen and oxygen atoms in total. The first kappa shape index (κ1) is 20.1. The number of benzene rings is 1. The first-order valence-electron chi connectivity index (χ1n) is 7.51. The molecule has 1 amide bonds. The zero-order valence-corrected chi connectivity index (χ0v) is 15.4. The summed E-state index contributed by atoms with van der Waals surface area (Å²) in [7, 11) is 1.14. The predicted molar refractivity (Wildman–Crippen MR) is 91.7 cm³/mol. The van der Waals surface area contributed by atoms with Gasteiger partial charge in [0, 0.05) is 17.6 Å². The molecule has 13 heteroatoms. The number of carbonyl (C=O) groups is 1. The summed E-state index contributed by atoms with van der Waals surface area (Å²) in [5, 5.41) is 8.70. The Hall–Kier alpha value is -2.66. The Morgan fingerprint density at radius 1 is 1.25 bits per heavy atom. The second-order valence-corrected chi connectivity index (χ2v) is 6.34. The average molecular weight is 437 g/mol. The molecule has 0 aliphatic rings. The largest absolute Gasteiger partial charge is 0.436 e. The highest BCUT2D eigenvalue weighted by Gasteiger charge is 2.39. The molecule has 0 saturated heterocycles. The minimum absolute atomic E-state index is 0.0704. The number of alkyl halides is 3. The molecule has 0 aliphatic heterocycles. The minimum Gasteiger partial charge on any atom is -0.288 e. The van der Waals surface area contributed by atoms with E-state index in [1.165, 1.54) is 29.2 Å². The number of hydrogen-bond donors (Lipinski definition) is 1. The zero-order valence-electron chi connectivity index (χ0n) is 13.9. The van der Waals surface area contributed by atoms with Crippen molar-refractivity contribution in [2.45, 2.75) is 12.7 Å². The van der Waals surface area contributed by atoms with E-state index in [1.54, 1.807) is 0 Å². The van der Waals surface area contributed by atoms with E-state index >= 15 is 0 Å². The van der Waals surface area contributed by atoms with Crippen LogP contribution in [-0.4, -0.2) is 30.5 Å². The van der Waals surface area contributed by atoms with Crippen molar-refractivity contribution in [3.05, 3.63) is 57.3 Å². The summed E-state index contributed by atoms with van der Waals surface area (Å²) in [6, 6.07) is 4.17. The maximum atomic E-state index is 13.8. The first-order chi connectivity index (χ1) is 13.1. The van der Waals surface area contributed by atoms with E-state index < -0.39 is 34.3 Å². The predicted octanol–water partition coefficient (Wildman–Crippen LogP) is 3.78. The summed E-state index contributed by atoms with van der Waals surface area (Å²) in [6.45, 7) is -0.0704. The zero-order chi connectivity index (χ0) is 20.6. The van der Waals surface area contributed by atoms with Crippen molar-refractivity contribution in [1.29, 1.82) is 0 Å². The van der Waals surface area contributed by atoms with Crippen LogP contribution in [0.1, 0.15) is 21.7 Å². The van der Waals surface area contributed by atoms with Gasteiger partial charge in [0.2, 0.25) is 5.95 Å². The number of anilines is 1. The fourth-order valence-electron chi connectivity index (χ4n) is 2.36. The fourth-order valence-corrected chi connectivity index (χ4v) is 2.94. The number of amides is 1. The van der Waals surface area contributed by atoms with Gasteiger partial charge < -0.3 is 0 Å². The first-order valence-corrected chi connectivity index (χ1v) is 8.27. The molecule has 148 valence electrons. The van der Waals surface area contributed by atoms with Crippen LogP contribution in [0.3, 0.4) is 0 Å². The summed E-state index contributed by atoms with van der Waals surface area (Å²) in [5.41, 5.74) is -1.73. The maximum absolute atomic E-state index is 13.8. The molecule has 2 heterocycles. The lowest BCUT2D eigenvalue weighted by molar-refractivity contribution is -0.141. The van der Waals surface area contributed by atoms with Crippen LogP contribution in [-0.2, 0) is 19.8 Å². The standard InChI is InChI=1S/C15H10Cl2F4N6O/c1-26-11(10(17)12(24-26)15(19,20)21)13(28)23-14-22-6-27(25-14)5-7-8(16)3-2-4-9(7)18/h2-4,6H,5H2,1H3,(H,23,25,28). The smallest absolute Gasteiger partial charge is 0.288 e. The van der Waals surface area contributed by atoms with Crippen LogP contribution < -0.4 is 5.32 Å². The number of hydrogen-bond acceptors (Lipinski definition) is 4. The monoisotopic (exact) mass is 436 g/mol. The molecule has 0 fully saturated rings. The van der Waals surface area contributed by atoms with Gasteiger partial charge in [0.15, 0.2) is 5.69 Å². The normalized spacial score (nSPS) is 11.7. The van der Waals surface area contributed by atoms with Crippen LogP contribution in [0, 0.1) is 5.82 Å². The van der Waals surface area contributed by atoms with Crippen LogP contribution in [0.2, 0.25) is 10.0 Å². The number of carbonyl (C=O) groups excluding carboxylic acids is 1. The Kier molecular flexibility index (Phi) is 5.31. The van der Waals surface area contributed by atoms with Gasteiger partial charge in [-0.3, -0.25) is 14.8 Å².